The van der Waals surface area contributed by atoms with Crippen LogP contribution in [0.2, 0.25) is 5.02 Å². The van der Waals surface area contributed by atoms with Gasteiger partial charge in [-0.3, -0.25) is 14.4 Å². The van der Waals surface area contributed by atoms with E-state index in [9.17, 15) is 14.4 Å². The maximum atomic E-state index is 14.1. The number of benzene rings is 1. The first-order valence-electron chi connectivity index (χ1n) is 14.7. The number of fused-ring (bicyclic) bond motifs is 1. The summed E-state index contributed by atoms with van der Waals surface area (Å²) in [4.78, 5) is 45.8. The van der Waals surface area contributed by atoms with Crippen molar-refractivity contribution in [3.8, 4) is 0 Å². The molecule has 4 fully saturated rings. The Morgan fingerprint density at radius 3 is 2.56 bits per heavy atom. The molecule has 2 bridgehead atoms. The van der Waals surface area contributed by atoms with Crippen molar-refractivity contribution >= 4 is 35.0 Å². The minimum Gasteiger partial charge on any atom is -0.359 e. The molecule has 4 aliphatic heterocycles. The van der Waals surface area contributed by atoms with Crippen LogP contribution in [0.15, 0.2) is 36.4 Å². The number of ether oxygens (including phenoxy) is 1. The van der Waals surface area contributed by atoms with Gasteiger partial charge in [0.25, 0.3) is 0 Å². The fourth-order valence-electron chi connectivity index (χ4n) is 7.47. The quantitative estimate of drug-likeness (QED) is 0.478. The number of carbonyl (C=O) groups excluding carboxylic acids is 3. The van der Waals surface area contributed by atoms with Crippen LogP contribution in [-0.2, 0) is 19.1 Å². The predicted octanol–water partition coefficient (Wildman–Crippen LogP) is 3.75. The molecule has 1 aliphatic carbocycles. The number of hydrogen-bond donors (Lipinski definition) is 2. The summed E-state index contributed by atoms with van der Waals surface area (Å²) in [7, 11) is 0. The van der Waals surface area contributed by atoms with Gasteiger partial charge in [-0.05, 0) is 69.9 Å². The molecule has 0 unspecified atom stereocenters. The smallest absolute Gasteiger partial charge is 0.246 e. The third kappa shape index (κ3) is 5.11. The summed E-state index contributed by atoms with van der Waals surface area (Å²) in [6, 6.07) is 6.32. The summed E-state index contributed by atoms with van der Waals surface area (Å²) in [5, 5.41) is 6.71. The van der Waals surface area contributed by atoms with E-state index in [-0.39, 0.29) is 23.8 Å². The van der Waals surface area contributed by atoms with Crippen molar-refractivity contribution in [3.63, 3.8) is 0 Å². The minimum atomic E-state index is -1.12. The van der Waals surface area contributed by atoms with Crippen LogP contribution < -0.4 is 10.6 Å². The summed E-state index contributed by atoms with van der Waals surface area (Å²) in [5.41, 5.74) is -0.550. The van der Waals surface area contributed by atoms with E-state index in [1.807, 2.05) is 12.2 Å². The number of nitrogens with zero attached hydrogens (tertiary/aromatic N) is 2. The standard InChI is InChI=1S/C30H39ClN4O4/c31-20-9-7-12-22(19-20)33-27(36)24-23-13-14-30(39-23)25(24)29(38)35(18-8-17-34-15-5-2-6-16-34)26(30)28(37)32-21-10-3-1-4-11-21/h7,9,12-14,19,21,23-26H,1-6,8,10-11,15-18H2,(H,32,37)(H,33,36)/t23-,24-,25-,26+,30-/m0/s1. The summed E-state index contributed by atoms with van der Waals surface area (Å²) in [6.45, 7) is 3.55. The molecule has 1 saturated carbocycles. The van der Waals surface area contributed by atoms with Crippen molar-refractivity contribution in [2.45, 2.75) is 81.6 Å². The highest BCUT2D eigenvalue weighted by atomic mass is 35.5. The van der Waals surface area contributed by atoms with Gasteiger partial charge in [-0.25, -0.2) is 0 Å². The molecular weight excluding hydrogens is 516 g/mol. The van der Waals surface area contributed by atoms with Crippen LogP contribution in [0, 0.1) is 11.8 Å². The average molecular weight is 555 g/mol. The Labute approximate surface area is 235 Å². The predicted molar refractivity (Wildman–Crippen MR) is 149 cm³/mol. The molecular formula is C30H39ClN4O4. The van der Waals surface area contributed by atoms with E-state index in [2.05, 4.69) is 15.5 Å². The monoisotopic (exact) mass is 554 g/mol. The number of carbonyl (C=O) groups is 3. The van der Waals surface area contributed by atoms with Gasteiger partial charge >= 0.3 is 0 Å². The highest BCUT2D eigenvalue weighted by molar-refractivity contribution is 6.30. The molecule has 1 aromatic carbocycles. The van der Waals surface area contributed by atoms with Crippen molar-refractivity contribution in [2.24, 2.45) is 11.8 Å². The maximum absolute atomic E-state index is 14.1. The fourth-order valence-corrected chi connectivity index (χ4v) is 7.66. The van der Waals surface area contributed by atoms with E-state index < -0.39 is 29.6 Å². The van der Waals surface area contributed by atoms with Crippen molar-refractivity contribution in [3.05, 3.63) is 41.4 Å². The summed E-state index contributed by atoms with van der Waals surface area (Å²) < 4.78 is 6.47. The van der Waals surface area contributed by atoms with Crippen LogP contribution >= 0.6 is 11.6 Å². The molecule has 210 valence electrons. The summed E-state index contributed by atoms with van der Waals surface area (Å²) in [6.07, 6.45) is 13.0. The number of amides is 3. The molecule has 8 nitrogen and oxygen atoms in total. The Bertz CT molecular complexity index is 1130. The average Bonchev–Trinajstić information content (AvgIpc) is 3.57. The highest BCUT2D eigenvalue weighted by Gasteiger charge is 2.72. The van der Waals surface area contributed by atoms with Gasteiger partial charge in [-0.2, -0.15) is 0 Å². The maximum Gasteiger partial charge on any atom is 0.246 e. The van der Waals surface area contributed by atoms with Gasteiger partial charge in [-0.1, -0.05) is 55.5 Å². The van der Waals surface area contributed by atoms with Gasteiger partial charge in [0.2, 0.25) is 17.7 Å². The number of halogens is 1. The number of nitrogens with one attached hydrogen (secondary N) is 2. The Hall–Kier alpha value is -2.42. The molecule has 9 heteroatoms. The van der Waals surface area contributed by atoms with E-state index in [0.717, 1.165) is 51.7 Å². The molecule has 39 heavy (non-hydrogen) atoms. The Morgan fingerprint density at radius 1 is 1.03 bits per heavy atom. The van der Waals surface area contributed by atoms with Crippen molar-refractivity contribution in [2.75, 3.05) is 31.5 Å². The van der Waals surface area contributed by atoms with E-state index >= 15 is 0 Å². The highest BCUT2D eigenvalue weighted by Crippen LogP contribution is 2.55. The normalized spacial score (nSPS) is 32.4. The molecule has 3 saturated heterocycles. The SMILES string of the molecule is O=C(Nc1cccc(Cl)c1)[C@H]1[C@@H]2C=C[C@]3(O2)[C@@H]1C(=O)N(CCCN1CCCCC1)[C@@H]3C(=O)NC1CCCCC1. The largest absolute Gasteiger partial charge is 0.359 e. The van der Waals surface area contributed by atoms with Crippen LogP contribution in [0.1, 0.15) is 57.8 Å². The van der Waals surface area contributed by atoms with Gasteiger partial charge in [0.15, 0.2) is 0 Å². The topological polar surface area (TPSA) is 91.0 Å². The van der Waals surface area contributed by atoms with Gasteiger partial charge in [0.1, 0.15) is 11.6 Å². The lowest BCUT2D eigenvalue weighted by atomic mass is 9.74. The first-order valence-corrected chi connectivity index (χ1v) is 15.1. The molecule has 5 atom stereocenters. The zero-order chi connectivity index (χ0) is 27.0. The first kappa shape index (κ1) is 26.8. The Balaban J connectivity index is 1.24. The van der Waals surface area contributed by atoms with Gasteiger partial charge < -0.3 is 25.2 Å². The molecule has 2 N–H and O–H groups in total. The lowest BCUT2D eigenvalue weighted by Gasteiger charge is -2.34. The molecule has 6 rings (SSSR count). The number of piperidine rings is 1. The zero-order valence-electron chi connectivity index (χ0n) is 22.4. The lowest BCUT2D eigenvalue weighted by molar-refractivity contribution is -0.141. The minimum absolute atomic E-state index is 0.122. The number of hydrogen-bond acceptors (Lipinski definition) is 5. The van der Waals surface area contributed by atoms with Crippen LogP contribution in [0.4, 0.5) is 5.69 Å². The van der Waals surface area contributed by atoms with Gasteiger partial charge in [0.05, 0.1) is 17.9 Å². The third-order valence-electron chi connectivity index (χ3n) is 9.29. The van der Waals surface area contributed by atoms with E-state index in [4.69, 9.17) is 16.3 Å². The molecule has 4 heterocycles. The van der Waals surface area contributed by atoms with Crippen LogP contribution in [-0.4, -0.2) is 77.5 Å². The molecule has 1 aromatic rings. The molecule has 1 spiro atoms. The van der Waals surface area contributed by atoms with Crippen LogP contribution in [0.25, 0.3) is 0 Å². The number of likely N-dealkylation sites (tertiary alicyclic amines) is 2. The molecule has 3 amide bonds. The van der Waals surface area contributed by atoms with Crippen LogP contribution in [0.5, 0.6) is 0 Å². The second kappa shape index (κ2) is 11.2. The van der Waals surface area contributed by atoms with Crippen molar-refractivity contribution < 1.29 is 19.1 Å². The summed E-state index contributed by atoms with van der Waals surface area (Å²) in [5.74, 6) is -2.04. The first-order chi connectivity index (χ1) is 19.0. The Kier molecular flexibility index (Phi) is 7.71. The number of anilines is 1. The molecule has 0 aromatic heterocycles. The van der Waals surface area contributed by atoms with Gasteiger partial charge in [-0.15, -0.1) is 0 Å². The molecule has 0 radical (unpaired) electrons. The van der Waals surface area contributed by atoms with Crippen molar-refractivity contribution in [1.29, 1.82) is 0 Å². The van der Waals surface area contributed by atoms with Crippen molar-refractivity contribution in [1.82, 2.24) is 15.1 Å². The van der Waals surface area contributed by atoms with E-state index in [0.29, 0.717) is 17.3 Å². The summed E-state index contributed by atoms with van der Waals surface area (Å²) >= 11 is 6.12. The lowest BCUT2D eigenvalue weighted by Crippen LogP contribution is -2.56. The second-order valence-electron chi connectivity index (χ2n) is 11.8. The second-order valence-corrected chi connectivity index (χ2v) is 12.3. The van der Waals surface area contributed by atoms with Crippen LogP contribution in [0.3, 0.4) is 0 Å². The van der Waals surface area contributed by atoms with E-state index in [1.54, 1.807) is 29.2 Å². The number of rotatable bonds is 8. The Morgan fingerprint density at radius 2 is 1.79 bits per heavy atom. The fraction of sp³-hybridized carbons (Fsp3) is 0.633. The third-order valence-corrected chi connectivity index (χ3v) is 9.53. The van der Waals surface area contributed by atoms with E-state index in [1.165, 1.54) is 25.7 Å². The zero-order valence-corrected chi connectivity index (χ0v) is 23.2. The van der Waals surface area contributed by atoms with Gasteiger partial charge in [0, 0.05) is 23.3 Å². The molecule has 5 aliphatic rings.